The Hall–Kier alpha value is -2.48. The average Bonchev–Trinajstić information content (AvgIpc) is 2.80. The molecule has 0 N–H and O–H groups in total. The van der Waals surface area contributed by atoms with Crippen molar-refractivity contribution < 1.29 is 14.3 Å². The molecule has 3 heterocycles. The molecule has 1 amide bonds. The van der Waals surface area contributed by atoms with E-state index >= 15 is 0 Å². The van der Waals surface area contributed by atoms with E-state index in [4.69, 9.17) is 9.47 Å². The van der Waals surface area contributed by atoms with Gasteiger partial charge in [0.25, 0.3) is 5.91 Å². The first kappa shape index (κ1) is 20.8. The van der Waals surface area contributed by atoms with Gasteiger partial charge in [0, 0.05) is 63.9 Å². The van der Waals surface area contributed by atoms with Crippen LogP contribution in [0.1, 0.15) is 22.0 Å². The van der Waals surface area contributed by atoms with Gasteiger partial charge < -0.3 is 19.3 Å². The summed E-state index contributed by atoms with van der Waals surface area (Å²) < 4.78 is 11.7. The third-order valence-electron chi connectivity index (χ3n) is 5.81. The van der Waals surface area contributed by atoms with E-state index in [2.05, 4.69) is 9.88 Å². The summed E-state index contributed by atoms with van der Waals surface area (Å²) in [6.07, 6.45) is 3.50. The molecule has 2 aliphatic heterocycles. The number of carbonyl (C=O) groups excluding carboxylic acids is 1. The molecule has 30 heavy (non-hydrogen) atoms. The summed E-state index contributed by atoms with van der Waals surface area (Å²) in [5, 5.41) is 0. The van der Waals surface area contributed by atoms with Gasteiger partial charge in [0.1, 0.15) is 0 Å². The zero-order chi connectivity index (χ0) is 20.9. The molecule has 160 valence electrons. The second kappa shape index (κ2) is 9.55. The van der Waals surface area contributed by atoms with E-state index in [1.165, 1.54) is 0 Å². The van der Waals surface area contributed by atoms with Crippen molar-refractivity contribution in [1.82, 2.24) is 14.8 Å². The molecule has 0 aliphatic carbocycles. The lowest BCUT2D eigenvalue weighted by Gasteiger charge is -2.43. The first-order valence-electron chi connectivity index (χ1n) is 10.5. The molecular weight excluding hydrogens is 380 g/mol. The smallest absolute Gasteiger partial charge is 0.254 e. The van der Waals surface area contributed by atoms with Crippen LogP contribution >= 0.6 is 0 Å². The third kappa shape index (κ3) is 4.64. The summed E-state index contributed by atoms with van der Waals surface area (Å²) in [6.45, 7) is 5.13. The first-order chi connectivity index (χ1) is 14.6. The SMILES string of the molecule is CN(C)c1ccc(C(=O)N2CCO[C@@H](CN3CCOCC3)[C@@H]2c2cccnc2)cc1. The minimum Gasteiger partial charge on any atom is -0.379 e. The molecule has 2 aromatic rings. The highest BCUT2D eigenvalue weighted by Crippen LogP contribution is 2.31. The van der Waals surface area contributed by atoms with Crippen LogP contribution < -0.4 is 4.90 Å². The Labute approximate surface area is 178 Å². The second-order valence-corrected chi connectivity index (χ2v) is 7.99. The Morgan fingerprint density at radius 1 is 1.10 bits per heavy atom. The van der Waals surface area contributed by atoms with Crippen molar-refractivity contribution in [3.05, 3.63) is 59.9 Å². The van der Waals surface area contributed by atoms with Gasteiger partial charge >= 0.3 is 0 Å². The van der Waals surface area contributed by atoms with Crippen LogP contribution in [0.5, 0.6) is 0 Å². The van der Waals surface area contributed by atoms with Crippen molar-refractivity contribution in [2.45, 2.75) is 12.1 Å². The largest absolute Gasteiger partial charge is 0.379 e. The van der Waals surface area contributed by atoms with Gasteiger partial charge in [0.15, 0.2) is 0 Å². The van der Waals surface area contributed by atoms with Crippen molar-refractivity contribution in [3.63, 3.8) is 0 Å². The normalized spacial score (nSPS) is 22.7. The van der Waals surface area contributed by atoms with Crippen molar-refractivity contribution in [2.24, 2.45) is 0 Å². The highest BCUT2D eigenvalue weighted by molar-refractivity contribution is 5.95. The van der Waals surface area contributed by atoms with Crippen molar-refractivity contribution in [3.8, 4) is 0 Å². The first-order valence-corrected chi connectivity index (χ1v) is 10.5. The van der Waals surface area contributed by atoms with E-state index in [0.717, 1.165) is 44.1 Å². The summed E-state index contributed by atoms with van der Waals surface area (Å²) in [5.74, 6) is 0.0319. The monoisotopic (exact) mass is 410 g/mol. The van der Waals surface area contributed by atoms with Crippen molar-refractivity contribution in [1.29, 1.82) is 0 Å². The summed E-state index contributed by atoms with van der Waals surface area (Å²) in [7, 11) is 3.99. The molecule has 2 saturated heterocycles. The van der Waals surface area contributed by atoms with Crippen LogP contribution in [0.3, 0.4) is 0 Å². The predicted octanol–water partition coefficient (Wildman–Crippen LogP) is 2.06. The molecule has 0 bridgehead atoms. The molecule has 0 saturated carbocycles. The fourth-order valence-electron chi connectivity index (χ4n) is 4.17. The average molecular weight is 411 g/mol. The highest BCUT2D eigenvalue weighted by atomic mass is 16.5. The van der Waals surface area contributed by atoms with Crippen LogP contribution in [-0.4, -0.2) is 86.9 Å². The van der Waals surface area contributed by atoms with Crippen LogP contribution in [0.4, 0.5) is 5.69 Å². The number of rotatable bonds is 5. The second-order valence-electron chi connectivity index (χ2n) is 7.99. The van der Waals surface area contributed by atoms with Crippen LogP contribution in [0.2, 0.25) is 0 Å². The summed E-state index contributed by atoms with van der Waals surface area (Å²) in [4.78, 5) is 24.2. The lowest BCUT2D eigenvalue weighted by Crippen LogP contribution is -2.53. The molecular formula is C23H30N4O3. The zero-order valence-electron chi connectivity index (χ0n) is 17.7. The van der Waals surface area contributed by atoms with E-state index in [9.17, 15) is 4.79 Å². The Morgan fingerprint density at radius 3 is 2.53 bits per heavy atom. The molecule has 7 nitrogen and oxygen atoms in total. The van der Waals surface area contributed by atoms with Gasteiger partial charge in [-0.15, -0.1) is 0 Å². The molecule has 1 aromatic heterocycles. The van der Waals surface area contributed by atoms with E-state index in [1.54, 1.807) is 6.20 Å². The van der Waals surface area contributed by atoms with Gasteiger partial charge in [-0.05, 0) is 35.9 Å². The van der Waals surface area contributed by atoms with E-state index in [1.807, 2.05) is 66.5 Å². The lowest BCUT2D eigenvalue weighted by molar-refractivity contribution is -0.0819. The summed E-state index contributed by atoms with van der Waals surface area (Å²) in [6, 6.07) is 11.6. The lowest BCUT2D eigenvalue weighted by atomic mass is 9.97. The van der Waals surface area contributed by atoms with E-state index in [0.29, 0.717) is 18.7 Å². The number of benzene rings is 1. The predicted molar refractivity (Wildman–Crippen MR) is 116 cm³/mol. The number of ether oxygens (including phenoxy) is 2. The molecule has 2 atom stereocenters. The number of aromatic nitrogens is 1. The fraction of sp³-hybridized carbons (Fsp3) is 0.478. The number of hydrogen-bond acceptors (Lipinski definition) is 6. The Bertz CT molecular complexity index is 822. The maximum Gasteiger partial charge on any atom is 0.254 e. The number of hydrogen-bond donors (Lipinski definition) is 0. The van der Waals surface area contributed by atoms with Crippen LogP contribution in [0.25, 0.3) is 0 Å². The molecule has 2 aliphatic rings. The Balaban J connectivity index is 1.60. The number of carbonyl (C=O) groups is 1. The number of nitrogens with zero attached hydrogens (tertiary/aromatic N) is 4. The number of anilines is 1. The van der Waals surface area contributed by atoms with Gasteiger partial charge in [-0.3, -0.25) is 14.7 Å². The Kier molecular flexibility index (Phi) is 6.62. The van der Waals surface area contributed by atoms with Crippen LogP contribution in [0, 0.1) is 0 Å². The topological polar surface area (TPSA) is 58.1 Å². The minimum atomic E-state index is -0.170. The van der Waals surface area contributed by atoms with Gasteiger partial charge in [0.05, 0.1) is 32.0 Å². The third-order valence-corrected chi connectivity index (χ3v) is 5.81. The zero-order valence-corrected chi connectivity index (χ0v) is 17.7. The van der Waals surface area contributed by atoms with Gasteiger partial charge in [-0.1, -0.05) is 6.07 Å². The number of pyridine rings is 1. The maximum atomic E-state index is 13.5. The van der Waals surface area contributed by atoms with Crippen LogP contribution in [0.15, 0.2) is 48.8 Å². The van der Waals surface area contributed by atoms with Crippen LogP contribution in [-0.2, 0) is 9.47 Å². The van der Waals surface area contributed by atoms with Crippen molar-refractivity contribution >= 4 is 11.6 Å². The quantitative estimate of drug-likeness (QED) is 0.752. The molecule has 7 heteroatoms. The molecule has 0 unspecified atom stereocenters. The number of amides is 1. The molecule has 1 aromatic carbocycles. The Morgan fingerprint density at radius 2 is 1.87 bits per heavy atom. The van der Waals surface area contributed by atoms with E-state index in [-0.39, 0.29) is 18.1 Å². The molecule has 0 spiro atoms. The van der Waals surface area contributed by atoms with E-state index < -0.39 is 0 Å². The summed E-state index contributed by atoms with van der Waals surface area (Å²) >= 11 is 0. The molecule has 4 rings (SSSR count). The van der Waals surface area contributed by atoms with Crippen molar-refractivity contribution in [2.75, 3.05) is 65.0 Å². The minimum absolute atomic E-state index is 0.0319. The van der Waals surface area contributed by atoms with Gasteiger partial charge in [0.2, 0.25) is 0 Å². The standard InChI is InChI=1S/C23H30N4O3/c1-25(2)20-7-5-18(6-8-20)23(28)27-12-15-30-21(17-26-10-13-29-14-11-26)22(27)19-4-3-9-24-16-19/h3-9,16,21-22H,10-15,17H2,1-2H3/t21-,22-/m0/s1. The maximum absolute atomic E-state index is 13.5. The fourth-order valence-corrected chi connectivity index (χ4v) is 4.17. The van der Waals surface area contributed by atoms with Gasteiger partial charge in [-0.25, -0.2) is 0 Å². The number of morpholine rings is 2. The molecule has 2 fully saturated rings. The van der Waals surface area contributed by atoms with Gasteiger partial charge in [-0.2, -0.15) is 0 Å². The highest BCUT2D eigenvalue weighted by Gasteiger charge is 2.38. The summed E-state index contributed by atoms with van der Waals surface area (Å²) in [5.41, 5.74) is 2.78. The molecule has 0 radical (unpaired) electrons.